The second kappa shape index (κ2) is 7.51. The molecule has 1 aromatic carbocycles. The van der Waals surface area contributed by atoms with E-state index < -0.39 is 0 Å². The minimum Gasteiger partial charge on any atom is -0.368 e. The Labute approximate surface area is 162 Å². The maximum atomic E-state index is 5.88. The van der Waals surface area contributed by atoms with E-state index >= 15 is 0 Å². The number of nitrogens with zero attached hydrogens (tertiary/aromatic N) is 6. The highest BCUT2D eigenvalue weighted by atomic mass is 32.2. The van der Waals surface area contributed by atoms with Crippen LogP contribution in [0.25, 0.3) is 0 Å². The molecule has 0 unspecified atom stereocenters. The highest BCUT2D eigenvalue weighted by molar-refractivity contribution is 7.98. The SMILES string of the molecule is CCn1c(SCc2nc(N)nc(Nc3ccccc3C)n2)nnc1C1CC1. The van der Waals surface area contributed by atoms with E-state index in [9.17, 15) is 0 Å². The van der Waals surface area contributed by atoms with Crippen molar-refractivity contribution < 1.29 is 0 Å². The average Bonchev–Trinajstić information content (AvgIpc) is 3.41. The number of aromatic nitrogens is 6. The molecule has 0 amide bonds. The standard InChI is InChI=1S/C18H22N8S/c1-3-26-15(12-8-9-12)24-25-18(26)27-10-14-21-16(19)23-17(22-14)20-13-7-5-4-6-11(13)2/h4-7,12H,3,8-10H2,1-2H3,(H3,19,20,21,22,23). The van der Waals surface area contributed by atoms with E-state index in [0.717, 1.165) is 28.8 Å². The van der Waals surface area contributed by atoms with E-state index in [0.29, 0.717) is 23.4 Å². The molecule has 1 aliphatic rings. The summed E-state index contributed by atoms with van der Waals surface area (Å²) in [5.74, 6) is 3.48. The van der Waals surface area contributed by atoms with Gasteiger partial charge in [0.1, 0.15) is 11.6 Å². The molecule has 0 radical (unpaired) electrons. The van der Waals surface area contributed by atoms with Crippen LogP contribution >= 0.6 is 11.8 Å². The van der Waals surface area contributed by atoms with Gasteiger partial charge in [0.15, 0.2) is 5.16 Å². The zero-order chi connectivity index (χ0) is 18.8. The van der Waals surface area contributed by atoms with Crippen LogP contribution in [0.1, 0.15) is 42.9 Å². The van der Waals surface area contributed by atoms with Gasteiger partial charge in [-0.2, -0.15) is 15.0 Å². The van der Waals surface area contributed by atoms with E-state index in [1.165, 1.54) is 12.8 Å². The second-order valence-corrected chi connectivity index (χ2v) is 7.46. The van der Waals surface area contributed by atoms with Crippen LogP contribution in [-0.2, 0) is 12.3 Å². The van der Waals surface area contributed by atoms with Crippen molar-refractivity contribution in [1.29, 1.82) is 0 Å². The lowest BCUT2D eigenvalue weighted by Gasteiger charge is -2.09. The van der Waals surface area contributed by atoms with Gasteiger partial charge in [0.25, 0.3) is 0 Å². The Morgan fingerprint density at radius 3 is 2.74 bits per heavy atom. The Bertz CT molecular complexity index is 950. The molecule has 1 saturated carbocycles. The minimum absolute atomic E-state index is 0.201. The Balaban J connectivity index is 1.50. The molecule has 1 aliphatic carbocycles. The van der Waals surface area contributed by atoms with Gasteiger partial charge in [0, 0.05) is 18.2 Å². The maximum absolute atomic E-state index is 5.88. The number of benzene rings is 1. The number of nitrogens with two attached hydrogens (primary N) is 1. The summed E-state index contributed by atoms with van der Waals surface area (Å²) in [5.41, 5.74) is 7.94. The summed E-state index contributed by atoms with van der Waals surface area (Å²) in [7, 11) is 0. The molecule has 0 bridgehead atoms. The van der Waals surface area contributed by atoms with Crippen molar-refractivity contribution in [3.63, 3.8) is 0 Å². The van der Waals surface area contributed by atoms with Crippen LogP contribution in [-0.4, -0.2) is 29.7 Å². The van der Waals surface area contributed by atoms with Crippen molar-refractivity contribution in [2.24, 2.45) is 0 Å². The number of thioether (sulfide) groups is 1. The molecule has 2 heterocycles. The third kappa shape index (κ3) is 4.02. The Hall–Kier alpha value is -2.68. The molecule has 2 aromatic heterocycles. The predicted octanol–water partition coefficient (Wildman–Crippen LogP) is 3.29. The number of nitrogen functional groups attached to an aromatic ring is 1. The molecule has 0 atom stereocenters. The highest BCUT2D eigenvalue weighted by Gasteiger charge is 2.30. The van der Waals surface area contributed by atoms with Gasteiger partial charge in [-0.3, -0.25) is 0 Å². The molecule has 27 heavy (non-hydrogen) atoms. The van der Waals surface area contributed by atoms with Crippen LogP contribution in [0.2, 0.25) is 0 Å². The van der Waals surface area contributed by atoms with Crippen LogP contribution in [0.5, 0.6) is 0 Å². The third-order valence-electron chi connectivity index (χ3n) is 4.43. The summed E-state index contributed by atoms with van der Waals surface area (Å²) in [6, 6.07) is 7.96. The number of hydrogen-bond acceptors (Lipinski definition) is 8. The van der Waals surface area contributed by atoms with Crippen LogP contribution in [0.3, 0.4) is 0 Å². The van der Waals surface area contributed by atoms with Crippen molar-refractivity contribution in [2.45, 2.75) is 50.1 Å². The number of anilines is 3. The fourth-order valence-electron chi connectivity index (χ4n) is 2.87. The molecule has 4 rings (SSSR count). The van der Waals surface area contributed by atoms with Crippen molar-refractivity contribution in [2.75, 3.05) is 11.1 Å². The number of rotatable bonds is 7. The second-order valence-electron chi connectivity index (χ2n) is 6.52. The Kier molecular flexibility index (Phi) is 4.93. The van der Waals surface area contributed by atoms with Crippen molar-refractivity contribution in [3.05, 3.63) is 41.5 Å². The average molecular weight is 382 g/mol. The molecule has 3 aromatic rings. The molecular formula is C18H22N8S. The molecule has 0 spiro atoms. The topological polar surface area (TPSA) is 107 Å². The fourth-order valence-corrected chi connectivity index (χ4v) is 3.73. The molecule has 9 heteroatoms. The number of para-hydroxylation sites is 1. The molecule has 140 valence electrons. The zero-order valence-electron chi connectivity index (χ0n) is 15.4. The fraction of sp³-hybridized carbons (Fsp3) is 0.389. The third-order valence-corrected chi connectivity index (χ3v) is 5.39. The first-order chi connectivity index (χ1) is 13.1. The van der Waals surface area contributed by atoms with Crippen molar-refractivity contribution in [1.82, 2.24) is 29.7 Å². The Morgan fingerprint density at radius 1 is 1.19 bits per heavy atom. The summed E-state index contributed by atoms with van der Waals surface area (Å²) in [6.45, 7) is 5.00. The van der Waals surface area contributed by atoms with E-state index in [1.807, 2.05) is 31.2 Å². The van der Waals surface area contributed by atoms with Crippen LogP contribution in [0, 0.1) is 6.92 Å². The summed E-state index contributed by atoms with van der Waals surface area (Å²) in [6.07, 6.45) is 2.42. The van der Waals surface area contributed by atoms with Gasteiger partial charge < -0.3 is 15.6 Å². The normalized spacial score (nSPS) is 13.7. The number of aryl methyl sites for hydroxylation is 1. The largest absolute Gasteiger partial charge is 0.368 e. The van der Waals surface area contributed by atoms with E-state index in [1.54, 1.807) is 11.8 Å². The van der Waals surface area contributed by atoms with Crippen molar-refractivity contribution >= 4 is 29.3 Å². The zero-order valence-corrected chi connectivity index (χ0v) is 16.2. The van der Waals surface area contributed by atoms with Gasteiger partial charge in [-0.05, 0) is 38.3 Å². The van der Waals surface area contributed by atoms with Crippen LogP contribution < -0.4 is 11.1 Å². The van der Waals surface area contributed by atoms with Gasteiger partial charge in [0.2, 0.25) is 11.9 Å². The van der Waals surface area contributed by atoms with Gasteiger partial charge in [0.05, 0.1) is 5.75 Å². The first kappa shape index (κ1) is 17.7. The van der Waals surface area contributed by atoms with E-state index in [2.05, 4.69) is 42.0 Å². The summed E-state index contributed by atoms with van der Waals surface area (Å²) >= 11 is 1.57. The molecular weight excluding hydrogens is 360 g/mol. The van der Waals surface area contributed by atoms with E-state index in [-0.39, 0.29) is 5.95 Å². The molecule has 1 fully saturated rings. The smallest absolute Gasteiger partial charge is 0.232 e. The predicted molar refractivity (Wildman–Crippen MR) is 106 cm³/mol. The summed E-state index contributed by atoms with van der Waals surface area (Å²) in [5, 5.41) is 12.8. The van der Waals surface area contributed by atoms with Crippen LogP contribution in [0.15, 0.2) is 29.4 Å². The first-order valence-electron chi connectivity index (χ1n) is 9.03. The first-order valence-corrected chi connectivity index (χ1v) is 10.0. The number of hydrogen-bond donors (Lipinski definition) is 2. The van der Waals surface area contributed by atoms with E-state index in [4.69, 9.17) is 5.73 Å². The quantitative estimate of drug-likeness (QED) is 0.599. The molecule has 8 nitrogen and oxygen atoms in total. The number of nitrogens with one attached hydrogen (secondary N) is 1. The van der Waals surface area contributed by atoms with Crippen molar-refractivity contribution in [3.8, 4) is 0 Å². The molecule has 0 saturated heterocycles. The lowest BCUT2D eigenvalue weighted by Crippen LogP contribution is -2.07. The van der Waals surface area contributed by atoms with Gasteiger partial charge in [-0.15, -0.1) is 10.2 Å². The highest BCUT2D eigenvalue weighted by Crippen LogP contribution is 2.40. The minimum atomic E-state index is 0.201. The van der Waals surface area contributed by atoms with Crippen LogP contribution in [0.4, 0.5) is 17.6 Å². The summed E-state index contributed by atoms with van der Waals surface area (Å²) in [4.78, 5) is 13.0. The molecule has 0 aliphatic heterocycles. The summed E-state index contributed by atoms with van der Waals surface area (Å²) < 4.78 is 2.18. The van der Waals surface area contributed by atoms with Gasteiger partial charge in [-0.1, -0.05) is 30.0 Å². The maximum Gasteiger partial charge on any atom is 0.232 e. The lowest BCUT2D eigenvalue weighted by molar-refractivity contribution is 0.643. The Morgan fingerprint density at radius 2 is 2.00 bits per heavy atom. The van der Waals surface area contributed by atoms with Gasteiger partial charge >= 0.3 is 0 Å². The van der Waals surface area contributed by atoms with Gasteiger partial charge in [-0.25, -0.2) is 0 Å². The molecule has 3 N–H and O–H groups in total. The monoisotopic (exact) mass is 382 g/mol. The lowest BCUT2D eigenvalue weighted by atomic mass is 10.2.